The van der Waals surface area contributed by atoms with Gasteiger partial charge in [0.1, 0.15) is 10.6 Å². The highest BCUT2D eigenvalue weighted by Gasteiger charge is 2.38. The summed E-state index contributed by atoms with van der Waals surface area (Å²) >= 11 is 1.20. The first kappa shape index (κ1) is 24.6. The van der Waals surface area contributed by atoms with Crippen molar-refractivity contribution in [3.8, 4) is 5.75 Å². The molecule has 0 atom stereocenters. The van der Waals surface area contributed by atoms with E-state index < -0.39 is 0 Å². The summed E-state index contributed by atoms with van der Waals surface area (Å²) in [5, 5.41) is 4.11. The molecule has 0 aliphatic carbocycles. The quantitative estimate of drug-likeness (QED) is 0.633. The van der Waals surface area contributed by atoms with E-state index in [1.165, 1.54) is 17.1 Å². The van der Waals surface area contributed by atoms with E-state index in [4.69, 9.17) is 4.74 Å². The largest absolute Gasteiger partial charge is 0.493 e. The number of para-hydroxylation sites is 1. The van der Waals surface area contributed by atoms with Gasteiger partial charge in [-0.3, -0.25) is 9.59 Å². The molecular weight excluding hydrogens is 448 g/mol. The second-order valence-corrected chi connectivity index (χ2v) is 10.5. The number of carbonyl (C=O) groups is 2. The molecule has 2 aliphatic rings. The summed E-state index contributed by atoms with van der Waals surface area (Å²) in [7, 11) is 1.93. The second-order valence-electron chi connectivity index (χ2n) is 9.71. The number of aromatic nitrogens is 2. The highest BCUT2D eigenvalue weighted by atomic mass is 32.1. The fourth-order valence-electron chi connectivity index (χ4n) is 5.27. The number of nitrogens with zero attached hydrogens (tertiary/aromatic N) is 4. The lowest BCUT2D eigenvalue weighted by Crippen LogP contribution is -2.48. The Balaban J connectivity index is 1.45. The molecule has 0 unspecified atom stereocenters. The molecule has 4 rings (SSSR count). The molecule has 7 nitrogen and oxygen atoms in total. The van der Waals surface area contributed by atoms with Gasteiger partial charge in [-0.1, -0.05) is 36.0 Å². The fraction of sp³-hybridized carbons (Fsp3) is 0.615. The predicted octanol–water partition coefficient (Wildman–Crippen LogP) is 4.37. The topological polar surface area (TPSA) is 75.6 Å². The predicted molar refractivity (Wildman–Crippen MR) is 133 cm³/mol. The van der Waals surface area contributed by atoms with Crippen LogP contribution >= 0.6 is 11.5 Å². The summed E-state index contributed by atoms with van der Waals surface area (Å²) < 4.78 is 9.98. The van der Waals surface area contributed by atoms with Crippen LogP contribution in [0.5, 0.6) is 5.75 Å². The van der Waals surface area contributed by atoms with E-state index in [-0.39, 0.29) is 17.2 Å². The van der Waals surface area contributed by atoms with Crippen molar-refractivity contribution < 1.29 is 14.3 Å². The summed E-state index contributed by atoms with van der Waals surface area (Å²) in [5.41, 5.74) is 2.10. The molecule has 2 aliphatic heterocycles. The van der Waals surface area contributed by atoms with E-state index in [9.17, 15) is 9.59 Å². The van der Waals surface area contributed by atoms with Crippen LogP contribution in [0.15, 0.2) is 24.3 Å². The van der Waals surface area contributed by atoms with Crippen LogP contribution in [0.25, 0.3) is 0 Å². The lowest BCUT2D eigenvalue weighted by molar-refractivity contribution is -0.132. The Labute approximate surface area is 206 Å². The molecular formula is C26H36N4O3S. The summed E-state index contributed by atoms with van der Waals surface area (Å²) in [6.07, 6.45) is 8.04. The highest BCUT2D eigenvalue weighted by Crippen LogP contribution is 2.38. The van der Waals surface area contributed by atoms with Gasteiger partial charge in [-0.2, -0.15) is 0 Å². The zero-order valence-corrected chi connectivity index (χ0v) is 21.2. The van der Waals surface area contributed by atoms with Crippen molar-refractivity contribution in [2.45, 2.75) is 64.7 Å². The van der Waals surface area contributed by atoms with Crippen LogP contribution in [0.4, 0.5) is 0 Å². The number of likely N-dealkylation sites (tertiary alicyclic amines) is 1. The van der Waals surface area contributed by atoms with Crippen LogP contribution in [0, 0.1) is 5.41 Å². The molecule has 8 heteroatoms. The van der Waals surface area contributed by atoms with Gasteiger partial charge in [0, 0.05) is 33.1 Å². The summed E-state index contributed by atoms with van der Waals surface area (Å²) in [4.78, 5) is 30.5. The van der Waals surface area contributed by atoms with Gasteiger partial charge in [0.05, 0.1) is 12.3 Å². The molecule has 2 amide bonds. The Morgan fingerprint density at radius 3 is 2.71 bits per heavy atom. The zero-order valence-electron chi connectivity index (χ0n) is 20.4. The van der Waals surface area contributed by atoms with Crippen LogP contribution in [-0.4, -0.2) is 64.5 Å². The van der Waals surface area contributed by atoms with Gasteiger partial charge in [0.15, 0.2) is 0 Å². The Morgan fingerprint density at radius 2 is 1.91 bits per heavy atom. The van der Waals surface area contributed by atoms with Gasteiger partial charge < -0.3 is 14.5 Å². The number of carbonyl (C=O) groups excluding carboxylic acids is 2. The van der Waals surface area contributed by atoms with Crippen molar-refractivity contribution in [1.82, 2.24) is 19.4 Å². The Morgan fingerprint density at radius 1 is 1.12 bits per heavy atom. The minimum atomic E-state index is 0.0564. The number of benzene rings is 1. The molecule has 0 saturated carbocycles. The van der Waals surface area contributed by atoms with Gasteiger partial charge in [-0.05, 0) is 73.5 Å². The Bertz CT molecular complexity index is 984. The molecule has 1 aromatic heterocycles. The Kier molecular flexibility index (Phi) is 8.19. The normalized spacial score (nSPS) is 19.9. The smallest absolute Gasteiger partial charge is 0.267 e. The van der Waals surface area contributed by atoms with Crippen LogP contribution in [0.2, 0.25) is 0 Å². The number of piperidine rings is 1. The van der Waals surface area contributed by atoms with Crippen molar-refractivity contribution in [2.24, 2.45) is 5.41 Å². The number of hydrogen-bond donors (Lipinski definition) is 0. The number of ether oxygens (including phenoxy) is 1. The number of amides is 2. The third kappa shape index (κ3) is 5.77. The van der Waals surface area contributed by atoms with Crippen molar-refractivity contribution in [3.63, 3.8) is 0 Å². The van der Waals surface area contributed by atoms with Gasteiger partial charge in [0.25, 0.3) is 5.91 Å². The van der Waals surface area contributed by atoms with E-state index >= 15 is 0 Å². The van der Waals surface area contributed by atoms with Crippen LogP contribution in [0.3, 0.4) is 0 Å². The maximum Gasteiger partial charge on any atom is 0.267 e. The first-order valence-electron chi connectivity index (χ1n) is 12.6. The lowest BCUT2D eigenvalue weighted by Gasteiger charge is -2.44. The monoisotopic (exact) mass is 484 g/mol. The first-order valence-corrected chi connectivity index (χ1v) is 13.3. The van der Waals surface area contributed by atoms with E-state index in [1.807, 2.05) is 35.9 Å². The third-order valence-electron chi connectivity index (χ3n) is 7.36. The standard InChI is InChI=1S/C26H36N4O3S/c1-3-21-24(34-28-27-21)25(32)30-16-14-26(15-17-30)13-7-6-10-20-9-4-5-11-22(20)33-18-8-12-23(31)29(2)19-26/h4-5,9,11H,3,6-8,10,12-19H2,1-2H3. The fourth-order valence-corrected chi connectivity index (χ4v) is 5.99. The number of aryl methyl sites for hydroxylation is 2. The molecule has 0 radical (unpaired) electrons. The number of hydrogen-bond acceptors (Lipinski definition) is 6. The van der Waals surface area contributed by atoms with Gasteiger partial charge in [-0.25, -0.2) is 0 Å². The third-order valence-corrected chi connectivity index (χ3v) is 8.12. The molecule has 34 heavy (non-hydrogen) atoms. The summed E-state index contributed by atoms with van der Waals surface area (Å²) in [5.74, 6) is 1.18. The van der Waals surface area contributed by atoms with Gasteiger partial charge in [0.2, 0.25) is 5.91 Å². The van der Waals surface area contributed by atoms with E-state index in [0.717, 1.165) is 82.4 Å². The van der Waals surface area contributed by atoms with E-state index in [2.05, 4.69) is 21.7 Å². The minimum absolute atomic E-state index is 0.0564. The second kappa shape index (κ2) is 11.3. The molecule has 1 fully saturated rings. The molecule has 1 saturated heterocycles. The van der Waals surface area contributed by atoms with Crippen LogP contribution in [0.1, 0.15) is 72.8 Å². The first-order chi connectivity index (χ1) is 16.5. The molecule has 0 bridgehead atoms. The SMILES string of the molecule is CCc1nnsc1C(=O)N1CCC2(CCCCc3ccccc3OCCCC(=O)N(C)C2)CC1. The average molecular weight is 485 g/mol. The zero-order chi connectivity index (χ0) is 24.0. The maximum absolute atomic E-state index is 13.1. The molecule has 2 aromatic rings. The van der Waals surface area contributed by atoms with Crippen molar-refractivity contribution in [3.05, 3.63) is 40.4 Å². The van der Waals surface area contributed by atoms with Crippen molar-refractivity contribution >= 4 is 23.3 Å². The van der Waals surface area contributed by atoms with Gasteiger partial charge >= 0.3 is 0 Å². The van der Waals surface area contributed by atoms with E-state index in [1.54, 1.807) is 0 Å². The highest BCUT2D eigenvalue weighted by molar-refractivity contribution is 7.08. The summed E-state index contributed by atoms with van der Waals surface area (Å²) in [6, 6.07) is 8.27. The van der Waals surface area contributed by atoms with Gasteiger partial charge in [-0.15, -0.1) is 5.10 Å². The van der Waals surface area contributed by atoms with E-state index in [0.29, 0.717) is 17.9 Å². The van der Waals surface area contributed by atoms with Crippen LogP contribution in [-0.2, 0) is 17.6 Å². The number of fused-ring (bicyclic) bond motifs is 1. The molecule has 1 spiro atoms. The molecule has 184 valence electrons. The average Bonchev–Trinajstić information content (AvgIpc) is 3.33. The minimum Gasteiger partial charge on any atom is -0.493 e. The number of rotatable bonds is 2. The Hall–Kier alpha value is -2.48. The maximum atomic E-state index is 13.1. The molecule has 0 N–H and O–H groups in total. The van der Waals surface area contributed by atoms with Crippen molar-refractivity contribution in [1.29, 1.82) is 0 Å². The molecule has 3 heterocycles. The molecule has 1 aromatic carbocycles. The summed E-state index contributed by atoms with van der Waals surface area (Å²) in [6.45, 7) is 4.76. The van der Waals surface area contributed by atoms with Crippen LogP contribution < -0.4 is 4.74 Å². The lowest BCUT2D eigenvalue weighted by atomic mass is 9.73. The van der Waals surface area contributed by atoms with Crippen molar-refractivity contribution in [2.75, 3.05) is 33.3 Å².